The molecule has 3 aromatic carbocycles. The second-order valence-corrected chi connectivity index (χ2v) is 8.81. The molecule has 152 valence electrons. The fourth-order valence-corrected chi connectivity index (χ4v) is 4.36. The summed E-state index contributed by atoms with van der Waals surface area (Å²) < 4.78 is 34.0. The van der Waals surface area contributed by atoms with E-state index in [9.17, 15) is 13.2 Å². The first-order chi connectivity index (χ1) is 13.7. The number of sulfonamides is 1. The van der Waals surface area contributed by atoms with Crippen molar-refractivity contribution in [3.05, 3.63) is 66.2 Å². The van der Waals surface area contributed by atoms with Crippen LogP contribution in [0.3, 0.4) is 0 Å². The minimum atomic E-state index is -3.87. The molecule has 1 N–H and O–H groups in total. The molecule has 0 radical (unpaired) electrons. The zero-order valence-corrected chi connectivity index (χ0v) is 17.7. The second kappa shape index (κ2) is 8.13. The SMILES string of the molecule is CC(C)OC(=O)c1cccc(NS(=O)(=O)c2cccc3c(N(C)C)cccc23)c1. The standard InChI is InChI=1S/C22H24N2O4S/c1-15(2)28-22(25)16-8-5-9-17(14-16)23-29(26,27)21-13-7-10-18-19(21)11-6-12-20(18)24(3)4/h5-15,23H,1-4H3. The van der Waals surface area contributed by atoms with E-state index in [0.29, 0.717) is 11.1 Å². The van der Waals surface area contributed by atoms with Gasteiger partial charge in [-0.05, 0) is 44.2 Å². The lowest BCUT2D eigenvalue weighted by Crippen LogP contribution is -2.15. The van der Waals surface area contributed by atoms with Gasteiger partial charge in [0.15, 0.2) is 0 Å². The third kappa shape index (κ3) is 4.51. The van der Waals surface area contributed by atoms with Crippen LogP contribution in [0.4, 0.5) is 11.4 Å². The minimum absolute atomic E-state index is 0.175. The normalized spacial score (nSPS) is 11.5. The lowest BCUT2D eigenvalue weighted by molar-refractivity contribution is 0.0378. The van der Waals surface area contributed by atoms with Gasteiger partial charge in [-0.25, -0.2) is 13.2 Å². The van der Waals surface area contributed by atoms with Crippen molar-refractivity contribution in [1.82, 2.24) is 0 Å². The Labute approximate surface area is 171 Å². The Balaban J connectivity index is 1.99. The molecular weight excluding hydrogens is 388 g/mol. The first kappa shape index (κ1) is 20.7. The van der Waals surface area contributed by atoms with Crippen molar-refractivity contribution in [2.45, 2.75) is 24.8 Å². The summed E-state index contributed by atoms with van der Waals surface area (Å²) in [6.45, 7) is 3.51. The van der Waals surface area contributed by atoms with E-state index < -0.39 is 16.0 Å². The molecule has 0 aliphatic rings. The van der Waals surface area contributed by atoms with E-state index in [1.54, 1.807) is 50.2 Å². The van der Waals surface area contributed by atoms with Crippen LogP contribution >= 0.6 is 0 Å². The van der Waals surface area contributed by atoms with Crippen molar-refractivity contribution in [2.75, 3.05) is 23.7 Å². The van der Waals surface area contributed by atoms with Crippen LogP contribution in [0.25, 0.3) is 10.8 Å². The van der Waals surface area contributed by atoms with Gasteiger partial charge in [0.05, 0.1) is 16.6 Å². The Kier molecular flexibility index (Phi) is 5.79. The molecule has 6 nitrogen and oxygen atoms in total. The van der Waals surface area contributed by atoms with Crippen molar-refractivity contribution in [1.29, 1.82) is 0 Å². The average molecular weight is 413 g/mol. The number of nitrogens with zero attached hydrogens (tertiary/aromatic N) is 1. The first-order valence-electron chi connectivity index (χ1n) is 9.22. The number of hydrogen-bond donors (Lipinski definition) is 1. The van der Waals surface area contributed by atoms with Gasteiger partial charge in [0.25, 0.3) is 10.0 Å². The monoisotopic (exact) mass is 412 g/mol. The summed E-state index contributed by atoms with van der Waals surface area (Å²) in [7, 11) is -0.0433. The molecule has 7 heteroatoms. The van der Waals surface area contributed by atoms with Crippen molar-refractivity contribution in [2.24, 2.45) is 0 Å². The summed E-state index contributed by atoms with van der Waals surface area (Å²) in [4.78, 5) is 14.2. The van der Waals surface area contributed by atoms with Gasteiger partial charge in [-0.3, -0.25) is 4.72 Å². The van der Waals surface area contributed by atoms with Crippen LogP contribution in [-0.4, -0.2) is 34.6 Å². The number of anilines is 2. The Morgan fingerprint density at radius 1 is 0.966 bits per heavy atom. The molecule has 0 aliphatic carbocycles. The summed E-state index contributed by atoms with van der Waals surface area (Å²) in [5.41, 5.74) is 1.51. The zero-order chi connectivity index (χ0) is 21.2. The highest BCUT2D eigenvalue weighted by Crippen LogP contribution is 2.31. The average Bonchev–Trinajstić information content (AvgIpc) is 2.66. The third-order valence-corrected chi connectivity index (χ3v) is 5.76. The van der Waals surface area contributed by atoms with E-state index in [2.05, 4.69) is 4.72 Å². The molecule has 0 unspecified atom stereocenters. The number of hydrogen-bond acceptors (Lipinski definition) is 5. The van der Waals surface area contributed by atoms with Crippen molar-refractivity contribution < 1.29 is 17.9 Å². The van der Waals surface area contributed by atoms with Gasteiger partial charge in [-0.2, -0.15) is 0 Å². The Morgan fingerprint density at radius 2 is 1.62 bits per heavy atom. The van der Waals surface area contributed by atoms with Gasteiger partial charge in [0.1, 0.15) is 0 Å². The smallest absolute Gasteiger partial charge is 0.338 e. The molecule has 0 amide bonds. The third-order valence-electron chi connectivity index (χ3n) is 4.32. The van der Waals surface area contributed by atoms with Gasteiger partial charge in [-0.15, -0.1) is 0 Å². The summed E-state index contributed by atoms with van der Waals surface area (Å²) in [6.07, 6.45) is -0.260. The van der Waals surface area contributed by atoms with E-state index in [4.69, 9.17) is 4.74 Å². The fraction of sp³-hybridized carbons (Fsp3) is 0.227. The van der Waals surface area contributed by atoms with Crippen LogP contribution < -0.4 is 9.62 Å². The predicted molar refractivity (Wildman–Crippen MR) is 116 cm³/mol. The highest BCUT2D eigenvalue weighted by molar-refractivity contribution is 7.93. The molecule has 29 heavy (non-hydrogen) atoms. The van der Waals surface area contributed by atoms with Crippen molar-refractivity contribution >= 4 is 38.1 Å². The maximum absolute atomic E-state index is 13.1. The highest BCUT2D eigenvalue weighted by Gasteiger charge is 2.19. The van der Waals surface area contributed by atoms with Crippen LogP contribution in [0.15, 0.2) is 65.6 Å². The maximum atomic E-state index is 13.1. The lowest BCUT2D eigenvalue weighted by atomic mass is 10.1. The van der Waals surface area contributed by atoms with Crippen LogP contribution in [0.2, 0.25) is 0 Å². The summed E-state index contributed by atoms with van der Waals surface area (Å²) in [6, 6.07) is 17.0. The van der Waals surface area contributed by atoms with E-state index in [-0.39, 0.29) is 16.6 Å². The maximum Gasteiger partial charge on any atom is 0.338 e. The summed E-state index contributed by atoms with van der Waals surface area (Å²) >= 11 is 0. The summed E-state index contributed by atoms with van der Waals surface area (Å²) in [5, 5.41) is 1.47. The Bertz CT molecular complexity index is 1150. The van der Waals surface area contributed by atoms with Crippen LogP contribution in [0.1, 0.15) is 24.2 Å². The Hall–Kier alpha value is -3.06. The van der Waals surface area contributed by atoms with Crippen molar-refractivity contribution in [3.8, 4) is 0 Å². The largest absolute Gasteiger partial charge is 0.459 e. The van der Waals surface area contributed by atoms with E-state index in [1.165, 1.54) is 6.07 Å². The number of fused-ring (bicyclic) bond motifs is 1. The molecule has 0 bridgehead atoms. The van der Waals surface area contributed by atoms with E-state index in [0.717, 1.165) is 11.1 Å². The van der Waals surface area contributed by atoms with Gasteiger partial charge < -0.3 is 9.64 Å². The second-order valence-electron chi connectivity index (χ2n) is 7.16. The zero-order valence-electron chi connectivity index (χ0n) is 16.8. The number of carbonyl (C=O) groups is 1. The number of esters is 1. The van der Waals surface area contributed by atoms with Crippen molar-refractivity contribution in [3.63, 3.8) is 0 Å². The fourth-order valence-electron chi connectivity index (χ4n) is 3.09. The molecule has 0 aliphatic heterocycles. The van der Waals surface area contributed by atoms with Gasteiger partial charge in [0.2, 0.25) is 0 Å². The van der Waals surface area contributed by atoms with Crippen LogP contribution in [-0.2, 0) is 14.8 Å². The summed E-state index contributed by atoms with van der Waals surface area (Å²) in [5.74, 6) is -0.498. The topological polar surface area (TPSA) is 75.7 Å². The lowest BCUT2D eigenvalue weighted by Gasteiger charge is -2.17. The molecule has 0 aromatic heterocycles. The highest BCUT2D eigenvalue weighted by atomic mass is 32.2. The molecule has 3 aromatic rings. The predicted octanol–water partition coefficient (Wildman–Crippen LogP) is 4.27. The van der Waals surface area contributed by atoms with E-state index >= 15 is 0 Å². The molecule has 0 atom stereocenters. The molecule has 0 saturated carbocycles. The van der Waals surface area contributed by atoms with Gasteiger partial charge in [0, 0.05) is 36.2 Å². The number of rotatable bonds is 6. The van der Waals surface area contributed by atoms with Gasteiger partial charge >= 0.3 is 5.97 Å². The quantitative estimate of drug-likeness (QED) is 0.612. The molecule has 0 saturated heterocycles. The molecule has 0 spiro atoms. The van der Waals surface area contributed by atoms with Gasteiger partial charge in [-0.1, -0.05) is 30.3 Å². The first-order valence-corrected chi connectivity index (χ1v) is 10.7. The van der Waals surface area contributed by atoms with E-state index in [1.807, 2.05) is 37.2 Å². The number of benzene rings is 3. The number of ether oxygens (including phenoxy) is 1. The van der Waals surface area contributed by atoms with Crippen LogP contribution in [0, 0.1) is 0 Å². The molecular formula is C22H24N2O4S. The molecule has 0 fully saturated rings. The minimum Gasteiger partial charge on any atom is -0.459 e. The molecule has 0 heterocycles. The Morgan fingerprint density at radius 3 is 2.31 bits per heavy atom. The van der Waals surface area contributed by atoms with Crippen LogP contribution in [0.5, 0.6) is 0 Å². The molecule has 3 rings (SSSR count). The number of carbonyl (C=O) groups excluding carboxylic acids is 1. The number of nitrogens with one attached hydrogen (secondary N) is 1.